The first-order valence-corrected chi connectivity index (χ1v) is 4.19. The van der Waals surface area contributed by atoms with Gasteiger partial charge in [-0.3, -0.25) is 4.39 Å². The molecule has 12 heavy (non-hydrogen) atoms. The quantitative estimate of drug-likeness (QED) is 0.774. The van der Waals surface area contributed by atoms with Crippen molar-refractivity contribution in [2.45, 2.75) is 12.5 Å². The van der Waals surface area contributed by atoms with Crippen molar-refractivity contribution < 1.29 is 4.39 Å². The summed E-state index contributed by atoms with van der Waals surface area (Å²) < 4.78 is 11.9. The Morgan fingerprint density at radius 2 is 1.92 bits per heavy atom. The van der Waals surface area contributed by atoms with E-state index in [0.29, 0.717) is 11.4 Å². The van der Waals surface area contributed by atoms with Crippen molar-refractivity contribution in [2.24, 2.45) is 5.73 Å². The van der Waals surface area contributed by atoms with Gasteiger partial charge in [0.15, 0.2) is 0 Å². The average molecular weight is 188 g/mol. The lowest BCUT2D eigenvalue weighted by Crippen LogP contribution is -2.10. The molecule has 0 aliphatic carbocycles. The van der Waals surface area contributed by atoms with Gasteiger partial charge >= 0.3 is 0 Å². The van der Waals surface area contributed by atoms with Crippen LogP contribution in [0.25, 0.3) is 0 Å². The highest BCUT2D eigenvalue weighted by atomic mass is 35.5. The Morgan fingerprint density at radius 3 is 2.42 bits per heavy atom. The molecule has 1 nitrogen and oxygen atoms in total. The van der Waals surface area contributed by atoms with Crippen LogP contribution in [-0.4, -0.2) is 6.67 Å². The average Bonchev–Trinajstić information content (AvgIpc) is 2.06. The molecule has 2 N–H and O–H groups in total. The summed E-state index contributed by atoms with van der Waals surface area (Å²) in [5, 5.41) is 0.672. The molecule has 0 bridgehead atoms. The number of hydrogen-bond donors (Lipinski definition) is 1. The fourth-order valence-electron chi connectivity index (χ4n) is 0.994. The molecule has 3 heteroatoms. The monoisotopic (exact) mass is 187 g/mol. The summed E-state index contributed by atoms with van der Waals surface area (Å²) in [4.78, 5) is 0. The molecule has 1 aromatic rings. The van der Waals surface area contributed by atoms with Crippen LogP contribution in [0.3, 0.4) is 0 Å². The molecule has 0 aliphatic heterocycles. The van der Waals surface area contributed by atoms with Crippen LogP contribution in [0.1, 0.15) is 18.0 Å². The minimum Gasteiger partial charge on any atom is -0.324 e. The summed E-state index contributed by atoms with van der Waals surface area (Å²) in [6.45, 7) is -0.385. The highest BCUT2D eigenvalue weighted by Crippen LogP contribution is 2.16. The fourth-order valence-corrected chi connectivity index (χ4v) is 1.12. The van der Waals surface area contributed by atoms with Gasteiger partial charge in [-0.25, -0.2) is 0 Å². The molecule has 1 aromatic carbocycles. The molecule has 0 fully saturated rings. The maximum Gasteiger partial charge on any atom is 0.0912 e. The molecular weight excluding hydrogens is 177 g/mol. The lowest BCUT2D eigenvalue weighted by atomic mass is 10.1. The zero-order chi connectivity index (χ0) is 8.97. The second-order valence-electron chi connectivity index (χ2n) is 2.64. The van der Waals surface area contributed by atoms with E-state index >= 15 is 0 Å². The highest BCUT2D eigenvalue weighted by Gasteiger charge is 2.04. The first kappa shape index (κ1) is 9.49. The van der Waals surface area contributed by atoms with Crippen molar-refractivity contribution in [1.29, 1.82) is 0 Å². The van der Waals surface area contributed by atoms with E-state index in [-0.39, 0.29) is 12.7 Å². The van der Waals surface area contributed by atoms with Gasteiger partial charge in [-0.15, -0.1) is 0 Å². The Kier molecular flexibility index (Phi) is 3.50. The topological polar surface area (TPSA) is 26.0 Å². The summed E-state index contributed by atoms with van der Waals surface area (Å²) in [6.07, 6.45) is 0.363. The zero-order valence-corrected chi connectivity index (χ0v) is 7.39. The number of alkyl halides is 1. The van der Waals surface area contributed by atoms with Crippen molar-refractivity contribution in [2.75, 3.05) is 6.67 Å². The van der Waals surface area contributed by atoms with Crippen molar-refractivity contribution in [1.82, 2.24) is 0 Å². The van der Waals surface area contributed by atoms with E-state index in [1.165, 1.54) is 0 Å². The Morgan fingerprint density at radius 1 is 1.33 bits per heavy atom. The van der Waals surface area contributed by atoms with Gasteiger partial charge in [-0.1, -0.05) is 23.7 Å². The summed E-state index contributed by atoms with van der Waals surface area (Å²) in [5.74, 6) is 0. The molecule has 0 heterocycles. The van der Waals surface area contributed by atoms with Gasteiger partial charge in [-0.2, -0.15) is 0 Å². The van der Waals surface area contributed by atoms with Gasteiger partial charge in [-0.05, 0) is 24.1 Å². The summed E-state index contributed by atoms with van der Waals surface area (Å²) >= 11 is 5.68. The van der Waals surface area contributed by atoms with Crippen LogP contribution < -0.4 is 5.73 Å². The third-order valence-electron chi connectivity index (χ3n) is 1.72. The number of benzene rings is 1. The van der Waals surface area contributed by atoms with Gasteiger partial charge in [0.05, 0.1) is 6.67 Å². The zero-order valence-electron chi connectivity index (χ0n) is 6.63. The molecule has 0 amide bonds. The van der Waals surface area contributed by atoms with E-state index in [2.05, 4.69) is 0 Å². The third kappa shape index (κ3) is 2.47. The van der Waals surface area contributed by atoms with Gasteiger partial charge < -0.3 is 5.73 Å². The summed E-state index contributed by atoms with van der Waals surface area (Å²) in [7, 11) is 0. The van der Waals surface area contributed by atoms with E-state index < -0.39 is 0 Å². The molecule has 0 spiro atoms. The number of rotatable bonds is 3. The second kappa shape index (κ2) is 4.43. The van der Waals surface area contributed by atoms with Crippen LogP contribution in [0.15, 0.2) is 24.3 Å². The van der Waals surface area contributed by atoms with E-state index in [0.717, 1.165) is 5.56 Å². The second-order valence-corrected chi connectivity index (χ2v) is 3.07. The summed E-state index contributed by atoms with van der Waals surface area (Å²) in [5.41, 5.74) is 6.60. The van der Waals surface area contributed by atoms with Crippen molar-refractivity contribution in [3.63, 3.8) is 0 Å². The molecule has 0 radical (unpaired) electrons. The van der Waals surface area contributed by atoms with Crippen LogP contribution in [0.2, 0.25) is 5.02 Å². The molecule has 0 saturated heterocycles. The molecular formula is C9H11ClFN. The minimum absolute atomic E-state index is 0.215. The SMILES string of the molecule is N[C@@H](CCF)c1ccc(Cl)cc1. The Labute approximate surface area is 76.3 Å². The van der Waals surface area contributed by atoms with Gasteiger partial charge in [0.1, 0.15) is 0 Å². The smallest absolute Gasteiger partial charge is 0.0912 e. The normalized spacial score (nSPS) is 12.9. The standard InChI is InChI=1S/C9H11ClFN/c10-8-3-1-7(2-4-8)9(12)5-6-11/h1-4,9H,5-6,12H2/t9-/m0/s1. The third-order valence-corrected chi connectivity index (χ3v) is 1.97. The van der Waals surface area contributed by atoms with E-state index in [1.807, 2.05) is 12.1 Å². The van der Waals surface area contributed by atoms with Crippen LogP contribution in [-0.2, 0) is 0 Å². The number of hydrogen-bond acceptors (Lipinski definition) is 1. The molecule has 0 unspecified atom stereocenters. The first-order chi connectivity index (χ1) is 5.74. The first-order valence-electron chi connectivity index (χ1n) is 3.81. The van der Waals surface area contributed by atoms with Gasteiger partial charge in [0.2, 0.25) is 0 Å². The van der Waals surface area contributed by atoms with Crippen LogP contribution in [0.5, 0.6) is 0 Å². The van der Waals surface area contributed by atoms with Crippen molar-refractivity contribution in [3.05, 3.63) is 34.9 Å². The Balaban J connectivity index is 2.68. The van der Waals surface area contributed by atoms with Crippen molar-refractivity contribution >= 4 is 11.6 Å². The van der Waals surface area contributed by atoms with Crippen molar-refractivity contribution in [3.8, 4) is 0 Å². The minimum atomic E-state index is -0.385. The van der Waals surface area contributed by atoms with E-state index in [9.17, 15) is 4.39 Å². The number of nitrogens with two attached hydrogens (primary N) is 1. The highest BCUT2D eigenvalue weighted by molar-refractivity contribution is 6.30. The Bertz CT molecular complexity index is 235. The molecule has 1 rings (SSSR count). The molecule has 0 aliphatic rings. The molecule has 0 saturated carbocycles. The summed E-state index contributed by atoms with van der Waals surface area (Å²) in [6, 6.07) is 6.95. The maximum absolute atomic E-state index is 11.9. The van der Waals surface area contributed by atoms with Crippen LogP contribution in [0.4, 0.5) is 4.39 Å². The fraction of sp³-hybridized carbons (Fsp3) is 0.333. The predicted octanol–water partition coefficient (Wildman–Crippen LogP) is 2.70. The largest absolute Gasteiger partial charge is 0.324 e. The Hall–Kier alpha value is -0.600. The van der Waals surface area contributed by atoms with E-state index in [1.54, 1.807) is 12.1 Å². The maximum atomic E-state index is 11.9. The van der Waals surface area contributed by atoms with Gasteiger partial charge in [0, 0.05) is 11.1 Å². The number of halogens is 2. The molecule has 66 valence electrons. The lowest BCUT2D eigenvalue weighted by Gasteiger charge is -2.08. The molecule has 0 aromatic heterocycles. The molecule has 1 atom stereocenters. The van der Waals surface area contributed by atoms with Crippen LogP contribution >= 0.6 is 11.6 Å². The lowest BCUT2D eigenvalue weighted by molar-refractivity contribution is 0.442. The predicted molar refractivity (Wildman–Crippen MR) is 49.0 cm³/mol. The van der Waals surface area contributed by atoms with Crippen LogP contribution in [0, 0.1) is 0 Å². The van der Waals surface area contributed by atoms with Gasteiger partial charge in [0.25, 0.3) is 0 Å². The van der Waals surface area contributed by atoms with E-state index in [4.69, 9.17) is 17.3 Å².